The second-order valence-corrected chi connectivity index (χ2v) is 8.27. The van der Waals surface area contributed by atoms with Crippen LogP contribution in [0.25, 0.3) is 0 Å². The van der Waals surface area contributed by atoms with Crippen LogP contribution < -0.4 is 19.5 Å². The predicted molar refractivity (Wildman–Crippen MR) is 120 cm³/mol. The molecule has 34 heavy (non-hydrogen) atoms. The van der Waals surface area contributed by atoms with Gasteiger partial charge in [0.15, 0.2) is 0 Å². The van der Waals surface area contributed by atoms with E-state index in [9.17, 15) is 14.9 Å². The Bertz CT molecular complexity index is 973. The number of hydrogen-bond acceptors (Lipinski definition) is 9. The number of carbonyl (C=O) groups is 1. The molecule has 0 unspecified atom stereocenters. The fourth-order valence-electron chi connectivity index (χ4n) is 3.98. The lowest BCUT2D eigenvalue weighted by molar-refractivity contribution is -0.389. The van der Waals surface area contributed by atoms with E-state index in [0.717, 1.165) is 37.4 Å². The molecule has 2 aliphatic heterocycles. The topological polar surface area (TPSA) is 130 Å². The number of imidazole rings is 1. The molecule has 1 fully saturated rings. The van der Waals surface area contributed by atoms with E-state index in [1.54, 1.807) is 11.7 Å². The average Bonchev–Trinajstić information content (AvgIpc) is 3.26. The maximum Gasteiger partial charge on any atom is 0.414 e. The highest BCUT2D eigenvalue weighted by Gasteiger charge is 2.29. The molecule has 1 aromatic heterocycles. The van der Waals surface area contributed by atoms with Crippen LogP contribution in [0.4, 0.5) is 5.82 Å². The first kappa shape index (κ1) is 23.8. The molecule has 1 saturated heterocycles. The maximum absolute atomic E-state index is 12.5. The van der Waals surface area contributed by atoms with Crippen LogP contribution in [0.2, 0.25) is 0 Å². The van der Waals surface area contributed by atoms with Crippen LogP contribution in [-0.2, 0) is 16.1 Å². The summed E-state index contributed by atoms with van der Waals surface area (Å²) in [5.41, 5.74) is 0. The van der Waals surface area contributed by atoms with Crippen molar-refractivity contribution in [1.29, 1.82) is 0 Å². The number of methoxy groups -OCH3 is 1. The predicted octanol–water partition coefficient (Wildman–Crippen LogP) is 1.24. The quantitative estimate of drug-likeness (QED) is 0.306. The van der Waals surface area contributed by atoms with Gasteiger partial charge in [0.1, 0.15) is 37.0 Å². The Morgan fingerprint density at radius 2 is 1.97 bits per heavy atom. The summed E-state index contributed by atoms with van der Waals surface area (Å²) in [7, 11) is 1.64. The number of nitrogens with one attached hydrogen (secondary N) is 1. The summed E-state index contributed by atoms with van der Waals surface area (Å²) in [6.45, 7) is 3.46. The van der Waals surface area contributed by atoms with Gasteiger partial charge in [-0.2, -0.15) is 0 Å². The molecule has 4 rings (SSSR count). The van der Waals surface area contributed by atoms with Crippen LogP contribution in [0.1, 0.15) is 12.8 Å². The van der Waals surface area contributed by atoms with Crippen molar-refractivity contribution >= 4 is 11.7 Å². The molecule has 3 heterocycles. The van der Waals surface area contributed by atoms with Crippen LogP contribution in [-0.4, -0.2) is 84.0 Å². The number of fused-ring (bicyclic) bond motifs is 1. The van der Waals surface area contributed by atoms with Gasteiger partial charge in [-0.05, 0) is 42.0 Å². The first-order valence-electron chi connectivity index (χ1n) is 11.2. The third kappa shape index (κ3) is 6.35. The second-order valence-electron chi connectivity index (χ2n) is 8.27. The number of piperidine rings is 1. The summed E-state index contributed by atoms with van der Waals surface area (Å²) >= 11 is 0. The number of aromatic nitrogens is 2. The Morgan fingerprint density at radius 3 is 2.68 bits per heavy atom. The first-order chi connectivity index (χ1) is 16.5. The molecule has 2 aromatic rings. The van der Waals surface area contributed by atoms with Crippen LogP contribution in [0.15, 0.2) is 30.5 Å². The molecule has 1 atom stereocenters. The van der Waals surface area contributed by atoms with Crippen molar-refractivity contribution < 1.29 is 28.7 Å². The van der Waals surface area contributed by atoms with Gasteiger partial charge in [0.25, 0.3) is 0 Å². The molecule has 0 bridgehead atoms. The van der Waals surface area contributed by atoms with E-state index in [1.807, 2.05) is 24.3 Å². The van der Waals surface area contributed by atoms with Crippen molar-refractivity contribution in [1.82, 2.24) is 19.8 Å². The first-order valence-corrected chi connectivity index (χ1v) is 11.2. The van der Waals surface area contributed by atoms with Crippen molar-refractivity contribution in [2.45, 2.75) is 31.5 Å². The molecule has 12 nitrogen and oxygen atoms in total. The number of nitro groups is 1. The zero-order valence-corrected chi connectivity index (χ0v) is 19.1. The van der Waals surface area contributed by atoms with Crippen molar-refractivity contribution in [3.05, 3.63) is 40.6 Å². The van der Waals surface area contributed by atoms with Gasteiger partial charge in [-0.25, -0.2) is 0 Å². The molecule has 1 amide bonds. The summed E-state index contributed by atoms with van der Waals surface area (Å²) < 4.78 is 23.6. The number of benzene rings is 1. The zero-order valence-electron chi connectivity index (χ0n) is 19.1. The van der Waals surface area contributed by atoms with E-state index in [2.05, 4.69) is 15.2 Å². The van der Waals surface area contributed by atoms with Crippen molar-refractivity contribution in [3.8, 4) is 17.5 Å². The summed E-state index contributed by atoms with van der Waals surface area (Å²) in [5, 5.41) is 13.8. The van der Waals surface area contributed by atoms with Crippen molar-refractivity contribution in [3.63, 3.8) is 0 Å². The van der Waals surface area contributed by atoms with Gasteiger partial charge in [0.2, 0.25) is 5.91 Å². The molecule has 0 spiro atoms. The largest absolute Gasteiger partial charge is 0.491 e. The lowest BCUT2D eigenvalue weighted by atomic mass is 10.1. The minimum atomic E-state index is -0.566. The van der Waals surface area contributed by atoms with Gasteiger partial charge in [-0.1, -0.05) is 0 Å². The highest BCUT2D eigenvalue weighted by atomic mass is 16.6. The van der Waals surface area contributed by atoms with E-state index in [4.69, 9.17) is 18.9 Å². The Hall–Kier alpha value is -3.38. The number of ether oxygens (including phenoxy) is 4. The van der Waals surface area contributed by atoms with Gasteiger partial charge in [0, 0.05) is 25.2 Å². The van der Waals surface area contributed by atoms with Gasteiger partial charge in [0.05, 0.1) is 25.7 Å². The molecule has 184 valence electrons. The fraction of sp³-hybridized carbons (Fsp3) is 0.545. The molecule has 12 heteroatoms. The van der Waals surface area contributed by atoms with Crippen molar-refractivity contribution in [2.24, 2.45) is 0 Å². The van der Waals surface area contributed by atoms with Gasteiger partial charge >= 0.3 is 11.8 Å². The van der Waals surface area contributed by atoms with Crippen LogP contribution in [0, 0.1) is 10.1 Å². The van der Waals surface area contributed by atoms with Crippen LogP contribution in [0.3, 0.4) is 0 Å². The van der Waals surface area contributed by atoms with E-state index in [-0.39, 0.29) is 43.0 Å². The lowest BCUT2D eigenvalue weighted by Gasteiger charge is -2.32. The third-order valence-corrected chi connectivity index (χ3v) is 5.69. The second kappa shape index (κ2) is 11.2. The van der Waals surface area contributed by atoms with E-state index in [1.165, 1.54) is 6.20 Å². The van der Waals surface area contributed by atoms with E-state index >= 15 is 0 Å². The molecular formula is C22H29N5O7. The smallest absolute Gasteiger partial charge is 0.414 e. The summed E-state index contributed by atoms with van der Waals surface area (Å²) in [5.74, 6) is 1.20. The Morgan fingerprint density at radius 1 is 1.24 bits per heavy atom. The minimum absolute atomic E-state index is 0.0989. The number of hydrogen-bond donors (Lipinski definition) is 1. The van der Waals surface area contributed by atoms with Gasteiger partial charge in [-0.3, -0.25) is 14.3 Å². The molecule has 1 N–H and O–H groups in total. The van der Waals surface area contributed by atoms with Crippen LogP contribution >= 0.6 is 0 Å². The summed E-state index contributed by atoms with van der Waals surface area (Å²) in [6, 6.07) is 7.49. The zero-order chi connectivity index (χ0) is 23.9. The Kier molecular flexibility index (Phi) is 7.80. The molecule has 0 aliphatic carbocycles. The average molecular weight is 476 g/mol. The SMILES string of the molecule is COCCOc1ccc(OC2CCN(CC(=O)N[C@@H]3COc4nc([N+](=O)[O-])cn4C3)CC2)cc1. The maximum atomic E-state index is 12.5. The molecule has 2 aliphatic rings. The number of nitrogens with zero attached hydrogens (tertiary/aromatic N) is 4. The van der Waals surface area contributed by atoms with Crippen molar-refractivity contribution in [2.75, 3.05) is 46.6 Å². The summed E-state index contributed by atoms with van der Waals surface area (Å²) in [4.78, 5) is 28.7. The number of likely N-dealkylation sites (tertiary alicyclic amines) is 1. The Balaban J connectivity index is 1.16. The number of carbonyl (C=O) groups excluding carboxylic acids is 1. The monoisotopic (exact) mass is 475 g/mol. The van der Waals surface area contributed by atoms with Gasteiger partial charge in [-0.15, -0.1) is 0 Å². The third-order valence-electron chi connectivity index (χ3n) is 5.69. The standard InChI is InChI=1S/C22H29N5O7/c1-31-10-11-32-17-2-4-18(5-3-17)34-19-6-8-25(9-7-19)14-21(28)23-16-12-26-13-20(27(29)30)24-22(26)33-15-16/h2-5,13,16,19H,6-12,14-15H2,1H3,(H,23,28)/t16-/m0/s1. The Labute approximate surface area is 196 Å². The van der Waals surface area contributed by atoms with Crippen LogP contribution in [0.5, 0.6) is 17.5 Å². The van der Waals surface area contributed by atoms with E-state index in [0.29, 0.717) is 19.8 Å². The molecule has 0 saturated carbocycles. The van der Waals surface area contributed by atoms with E-state index < -0.39 is 4.92 Å². The molecule has 1 aromatic carbocycles. The van der Waals surface area contributed by atoms with Gasteiger partial charge < -0.3 is 34.4 Å². The fourth-order valence-corrected chi connectivity index (χ4v) is 3.98. The number of rotatable bonds is 10. The normalized spacial score (nSPS) is 18.6. The minimum Gasteiger partial charge on any atom is -0.491 e. The highest BCUT2D eigenvalue weighted by Crippen LogP contribution is 2.23. The lowest BCUT2D eigenvalue weighted by Crippen LogP contribution is -2.49. The highest BCUT2D eigenvalue weighted by molar-refractivity contribution is 5.78. The number of amides is 1. The molecule has 0 radical (unpaired) electrons. The molecular weight excluding hydrogens is 446 g/mol. The summed E-state index contributed by atoms with van der Waals surface area (Å²) in [6.07, 6.45) is 3.07.